The molecule has 0 radical (unpaired) electrons. The minimum atomic E-state index is -3.36. The molecule has 1 aliphatic rings. The van der Waals surface area contributed by atoms with Crippen LogP contribution in [0.5, 0.6) is 0 Å². The topological polar surface area (TPSA) is 62.1 Å². The summed E-state index contributed by atoms with van der Waals surface area (Å²) < 4.78 is 84.0. The van der Waals surface area contributed by atoms with E-state index in [1.807, 2.05) is 16.8 Å². The minimum Gasteiger partial charge on any atom is -0.361 e. The maximum Gasteiger partial charge on any atom is 0.237 e. The third kappa shape index (κ3) is 5.05. The summed E-state index contributed by atoms with van der Waals surface area (Å²) in [4.78, 5) is 12.0. The van der Waals surface area contributed by atoms with E-state index in [4.69, 9.17) is 23.6 Å². The van der Waals surface area contributed by atoms with Gasteiger partial charge in [0.05, 0.1) is 11.9 Å². The van der Waals surface area contributed by atoms with Crippen LogP contribution in [0, 0.1) is 12.5 Å². The number of aromatic nitrogens is 5. The summed E-state index contributed by atoms with van der Waals surface area (Å²) in [5.41, 5.74) is 1.49. The molecule has 1 aliphatic carbocycles. The third-order valence-electron chi connectivity index (χ3n) is 5.03. The van der Waals surface area contributed by atoms with Gasteiger partial charge in [0.15, 0.2) is 0 Å². The highest BCUT2D eigenvalue weighted by Crippen LogP contribution is 2.35. The highest BCUT2D eigenvalue weighted by atomic mass is 28.3. The average molecular weight is 446 g/mol. The number of rotatable bonds is 9. The second-order valence-electron chi connectivity index (χ2n) is 8.57. The number of hydrogen-bond acceptors (Lipinski definition) is 4. The zero-order valence-corrected chi connectivity index (χ0v) is 18.9. The Hall–Kier alpha value is -2.50. The van der Waals surface area contributed by atoms with Gasteiger partial charge in [0, 0.05) is 50.4 Å². The summed E-state index contributed by atoms with van der Waals surface area (Å²) in [5.74, 6) is -3.04. The van der Waals surface area contributed by atoms with Crippen LogP contribution in [0.2, 0.25) is 25.7 Å². The maximum atomic E-state index is 8.99. The summed E-state index contributed by atoms with van der Waals surface area (Å²) in [5, 5.41) is 4.88. The summed E-state index contributed by atoms with van der Waals surface area (Å²) in [6.45, 7) is 14.5. The molecule has 3 heterocycles. The van der Waals surface area contributed by atoms with Gasteiger partial charge in [-0.25, -0.2) is 16.5 Å². The van der Waals surface area contributed by atoms with Crippen LogP contribution in [-0.2, 0) is 11.5 Å². The van der Waals surface area contributed by atoms with Crippen molar-refractivity contribution >= 4 is 19.1 Å². The molecule has 7 nitrogen and oxygen atoms in total. The lowest BCUT2D eigenvalue weighted by Gasteiger charge is -2.18. The van der Waals surface area contributed by atoms with Gasteiger partial charge in [-0.15, -0.1) is 0 Å². The Labute approximate surface area is 197 Å². The molecular weight excluding hydrogens is 404 g/mol. The molecule has 0 aromatic carbocycles. The van der Waals surface area contributed by atoms with Crippen LogP contribution in [0.3, 0.4) is 0 Å². The van der Waals surface area contributed by atoms with Crippen molar-refractivity contribution in [3.05, 3.63) is 42.4 Å². The summed E-state index contributed by atoms with van der Waals surface area (Å²) in [7, 11) is -1.24. The van der Waals surface area contributed by atoms with Gasteiger partial charge in [-0.1, -0.05) is 32.4 Å². The van der Waals surface area contributed by atoms with Crippen molar-refractivity contribution in [3.8, 4) is 11.3 Å². The smallest absolute Gasteiger partial charge is 0.237 e. The SMILES string of the molecule is [2H]C1([2H])C([2H])([2H])C([2H])([2H])C([2H])([C@@H](C[N+]#[C-])n2cc(-c3ncnc4c3ccn4COCC[Si](C)(C)C)cn2)C1([2H])[2H]. The van der Waals surface area contributed by atoms with E-state index < -0.39 is 52.0 Å². The lowest BCUT2D eigenvalue weighted by molar-refractivity contribution is 0.0899. The molecule has 0 N–H and O–H groups in total. The lowest BCUT2D eigenvalue weighted by Crippen LogP contribution is -2.22. The maximum absolute atomic E-state index is 8.99. The Morgan fingerprint density at radius 2 is 2.16 bits per heavy atom. The van der Waals surface area contributed by atoms with Crippen LogP contribution in [0.1, 0.15) is 43.9 Å². The van der Waals surface area contributed by atoms with Crippen molar-refractivity contribution in [1.29, 1.82) is 0 Å². The van der Waals surface area contributed by atoms with Gasteiger partial charge in [-0.2, -0.15) is 5.10 Å². The molecule has 1 fully saturated rings. The monoisotopic (exact) mass is 445 g/mol. The summed E-state index contributed by atoms with van der Waals surface area (Å²) in [6, 6.07) is 1.18. The first kappa shape index (κ1) is 13.1. The van der Waals surface area contributed by atoms with Gasteiger partial charge in [0.25, 0.3) is 0 Å². The highest BCUT2D eigenvalue weighted by Gasteiger charge is 2.29. The van der Waals surface area contributed by atoms with E-state index in [0.717, 1.165) is 10.7 Å². The summed E-state index contributed by atoms with van der Waals surface area (Å²) >= 11 is 0. The van der Waals surface area contributed by atoms with Crippen molar-refractivity contribution in [1.82, 2.24) is 24.3 Å². The second kappa shape index (κ2) is 9.33. The predicted octanol–water partition coefficient (Wildman–Crippen LogP) is 5.26. The largest absolute Gasteiger partial charge is 0.361 e. The van der Waals surface area contributed by atoms with Crippen LogP contribution < -0.4 is 0 Å². The molecule has 3 aromatic heterocycles. The zero-order valence-electron chi connectivity index (χ0n) is 26.9. The van der Waals surface area contributed by atoms with Crippen molar-refractivity contribution < 1.29 is 17.1 Å². The first-order chi connectivity index (χ1) is 18.3. The van der Waals surface area contributed by atoms with Crippen LogP contribution >= 0.6 is 0 Å². The number of fused-ring (bicyclic) bond motifs is 1. The van der Waals surface area contributed by atoms with E-state index in [-0.39, 0.29) is 0 Å². The first-order valence-corrected chi connectivity index (χ1v) is 13.8. The molecule has 0 unspecified atom stereocenters. The third-order valence-corrected chi connectivity index (χ3v) is 6.74. The number of ether oxygens (including phenoxy) is 1. The minimum absolute atomic E-state index is 0.298. The van der Waals surface area contributed by atoms with E-state index in [1.165, 1.54) is 18.7 Å². The fraction of sp³-hybridized carbons (Fsp3) is 0.565. The van der Waals surface area contributed by atoms with E-state index in [2.05, 4.69) is 39.6 Å². The number of nitrogens with zero attached hydrogens (tertiary/aromatic N) is 6. The molecule has 0 spiro atoms. The first-order valence-electron chi connectivity index (χ1n) is 14.6. The van der Waals surface area contributed by atoms with Crippen LogP contribution in [0.15, 0.2) is 31.0 Å². The van der Waals surface area contributed by atoms with Crippen molar-refractivity contribution in [2.24, 2.45) is 5.89 Å². The van der Waals surface area contributed by atoms with Crippen molar-refractivity contribution in [2.45, 2.75) is 63.9 Å². The summed E-state index contributed by atoms with van der Waals surface area (Å²) in [6.07, 6.45) is -7.40. The predicted molar refractivity (Wildman–Crippen MR) is 125 cm³/mol. The lowest BCUT2D eigenvalue weighted by atomic mass is 9.98. The molecule has 0 aliphatic heterocycles. The van der Waals surface area contributed by atoms with Crippen molar-refractivity contribution in [2.75, 3.05) is 13.2 Å². The fourth-order valence-corrected chi connectivity index (χ4v) is 4.06. The standard InChI is InChI=1S/C23H32N6OSi/c1-24-14-21(18-7-5-6-8-18)29-15-19(13-27-29)22-20-9-10-28(23(20)26-16-25-22)17-30-11-12-31(2,3)4/h9-10,13,15-16,18,21H,5-8,11-12,14,17H2,2-4H3/t21-/m1/s1/i5D2,6D2,7D2,8D2,18D. The second-order valence-corrected chi connectivity index (χ2v) is 14.2. The van der Waals surface area contributed by atoms with Crippen LogP contribution in [0.25, 0.3) is 27.1 Å². The molecule has 3 aromatic rings. The number of hydrogen-bond donors (Lipinski definition) is 0. The van der Waals surface area contributed by atoms with Gasteiger partial charge >= 0.3 is 0 Å². The molecule has 0 bridgehead atoms. The van der Waals surface area contributed by atoms with Crippen LogP contribution in [-0.4, -0.2) is 45.5 Å². The van der Waals surface area contributed by atoms with E-state index in [1.54, 1.807) is 0 Å². The van der Waals surface area contributed by atoms with Gasteiger partial charge in [-0.3, -0.25) is 4.68 Å². The fourth-order valence-electron chi connectivity index (χ4n) is 3.30. The normalized spacial score (nSPS) is 27.9. The molecule has 1 atom stereocenters. The molecule has 0 amide bonds. The molecule has 4 rings (SSSR count). The van der Waals surface area contributed by atoms with Gasteiger partial charge < -0.3 is 14.1 Å². The highest BCUT2D eigenvalue weighted by molar-refractivity contribution is 6.76. The van der Waals surface area contributed by atoms with E-state index >= 15 is 0 Å². The quantitative estimate of drug-likeness (QED) is 0.256. The Morgan fingerprint density at radius 1 is 1.35 bits per heavy atom. The Morgan fingerprint density at radius 3 is 2.90 bits per heavy atom. The van der Waals surface area contributed by atoms with E-state index in [0.29, 0.717) is 35.6 Å². The Kier molecular flexibility index (Phi) is 3.95. The van der Waals surface area contributed by atoms with Crippen LogP contribution in [0.4, 0.5) is 0 Å². The molecule has 1 saturated carbocycles. The zero-order chi connectivity index (χ0) is 29.9. The average Bonchev–Trinajstić information content (AvgIpc) is 3.51. The Balaban J connectivity index is 1.71. The molecule has 164 valence electrons. The molecule has 8 heteroatoms. The Bertz CT molecular complexity index is 1420. The molecular formula is C23H32N6OSi. The van der Waals surface area contributed by atoms with Gasteiger partial charge in [0.1, 0.15) is 24.7 Å². The van der Waals surface area contributed by atoms with E-state index in [9.17, 15) is 0 Å². The molecule has 31 heavy (non-hydrogen) atoms. The van der Waals surface area contributed by atoms with Gasteiger partial charge in [0.2, 0.25) is 6.54 Å². The van der Waals surface area contributed by atoms with Gasteiger partial charge in [-0.05, 0) is 30.8 Å². The van der Waals surface area contributed by atoms with Crippen molar-refractivity contribution in [3.63, 3.8) is 0 Å². The molecule has 0 saturated heterocycles.